The molecule has 0 bridgehead atoms. The minimum absolute atomic E-state index is 0.379. The van der Waals surface area contributed by atoms with Gasteiger partial charge in [-0.2, -0.15) is 0 Å². The van der Waals surface area contributed by atoms with Crippen LogP contribution < -0.4 is 5.30 Å². The molecule has 4 heteroatoms. The summed E-state index contributed by atoms with van der Waals surface area (Å²) in [5.41, 5.74) is 1.25. The fraction of sp³-hybridized carbons (Fsp3) is 0.571. The van der Waals surface area contributed by atoms with Crippen LogP contribution in [0.4, 0.5) is 0 Å². The second-order valence-corrected chi connectivity index (χ2v) is 6.26. The molecule has 0 radical (unpaired) electrons. The molecule has 0 aliphatic heterocycles. The summed E-state index contributed by atoms with van der Waals surface area (Å²) in [6.45, 7) is 8.73. The smallest absolute Gasteiger partial charge is 0.305 e. The predicted octanol–water partition coefficient (Wildman–Crippen LogP) is 4.09. The zero-order valence-corrected chi connectivity index (χ0v) is 12.6. The molecule has 0 spiro atoms. The molecular formula is C14H23O3P. The minimum atomic E-state index is -3.13. The quantitative estimate of drug-likeness (QED) is 0.700. The third kappa shape index (κ3) is 3.68. The Hall–Kier alpha value is -0.630. The predicted molar refractivity (Wildman–Crippen MR) is 75.6 cm³/mol. The van der Waals surface area contributed by atoms with E-state index in [0.29, 0.717) is 24.4 Å². The molecule has 0 fully saturated rings. The van der Waals surface area contributed by atoms with Gasteiger partial charge in [0.1, 0.15) is 0 Å². The summed E-state index contributed by atoms with van der Waals surface area (Å²) >= 11 is 0. The average molecular weight is 270 g/mol. The summed E-state index contributed by atoms with van der Waals surface area (Å²) in [5, 5.41) is 0.637. The molecule has 1 rings (SSSR count). The number of rotatable bonds is 7. The van der Waals surface area contributed by atoms with E-state index in [1.54, 1.807) is 0 Å². The van der Waals surface area contributed by atoms with E-state index in [0.717, 1.165) is 6.42 Å². The van der Waals surface area contributed by atoms with E-state index in [4.69, 9.17) is 9.05 Å². The lowest BCUT2D eigenvalue weighted by molar-refractivity contribution is 0.230. The molecule has 1 unspecified atom stereocenters. The minimum Gasteiger partial charge on any atom is -0.305 e. The molecule has 0 saturated heterocycles. The maximum atomic E-state index is 12.5. The third-order valence-electron chi connectivity index (χ3n) is 2.99. The van der Waals surface area contributed by atoms with Crippen LogP contribution in [0.1, 0.15) is 45.6 Å². The highest BCUT2D eigenvalue weighted by molar-refractivity contribution is 7.62. The Morgan fingerprint density at radius 2 is 1.56 bits per heavy atom. The Morgan fingerprint density at radius 3 is 1.94 bits per heavy atom. The lowest BCUT2D eigenvalue weighted by Crippen LogP contribution is -2.11. The first kappa shape index (κ1) is 15.4. The van der Waals surface area contributed by atoms with Crippen LogP contribution in [0.3, 0.4) is 0 Å². The molecule has 1 aromatic carbocycles. The van der Waals surface area contributed by atoms with Gasteiger partial charge in [0.05, 0.1) is 18.5 Å². The number of benzene rings is 1. The van der Waals surface area contributed by atoms with Gasteiger partial charge in [0.25, 0.3) is 0 Å². The lowest BCUT2D eigenvalue weighted by Gasteiger charge is -2.18. The molecule has 18 heavy (non-hydrogen) atoms. The Kier molecular flexibility index (Phi) is 6.07. The first-order valence-corrected chi connectivity index (χ1v) is 8.11. The maximum Gasteiger partial charge on any atom is 0.361 e. The lowest BCUT2D eigenvalue weighted by atomic mass is 9.99. The molecule has 0 N–H and O–H groups in total. The van der Waals surface area contributed by atoms with E-state index >= 15 is 0 Å². The molecule has 0 aliphatic rings. The Morgan fingerprint density at radius 1 is 1.06 bits per heavy atom. The standard InChI is InChI=1S/C14H23O3P/c1-5-12(4)13-8-10-14(11-9-13)18(15,16-6-2)17-7-3/h8-12H,5-7H2,1-4H3. The van der Waals surface area contributed by atoms with Gasteiger partial charge in [-0.1, -0.05) is 26.0 Å². The van der Waals surface area contributed by atoms with Gasteiger partial charge in [-0.3, -0.25) is 4.57 Å². The van der Waals surface area contributed by atoms with Crippen molar-refractivity contribution in [3.05, 3.63) is 29.8 Å². The van der Waals surface area contributed by atoms with E-state index in [9.17, 15) is 4.57 Å². The van der Waals surface area contributed by atoms with Crippen LogP contribution in [0, 0.1) is 0 Å². The zero-order valence-electron chi connectivity index (χ0n) is 11.7. The molecule has 0 aliphatic carbocycles. The molecule has 0 aromatic heterocycles. The van der Waals surface area contributed by atoms with Crippen LogP contribution in [-0.2, 0) is 13.6 Å². The summed E-state index contributed by atoms with van der Waals surface area (Å²) in [6, 6.07) is 7.73. The summed E-state index contributed by atoms with van der Waals surface area (Å²) in [4.78, 5) is 0. The van der Waals surface area contributed by atoms with Crippen LogP contribution in [0.2, 0.25) is 0 Å². The van der Waals surface area contributed by atoms with Crippen LogP contribution in [0.15, 0.2) is 24.3 Å². The van der Waals surface area contributed by atoms with Crippen molar-refractivity contribution in [3.8, 4) is 0 Å². The molecule has 1 aromatic rings. The average Bonchev–Trinajstić information content (AvgIpc) is 2.38. The summed E-state index contributed by atoms with van der Waals surface area (Å²) in [5.74, 6) is 0.512. The maximum absolute atomic E-state index is 12.5. The summed E-state index contributed by atoms with van der Waals surface area (Å²) in [7, 11) is -3.13. The fourth-order valence-corrected chi connectivity index (χ4v) is 3.31. The zero-order chi connectivity index (χ0) is 13.6. The second-order valence-electron chi connectivity index (χ2n) is 4.23. The Bertz CT molecular complexity index is 390. The highest BCUT2D eigenvalue weighted by Crippen LogP contribution is 2.46. The van der Waals surface area contributed by atoms with Crippen molar-refractivity contribution in [2.45, 2.75) is 40.0 Å². The van der Waals surface area contributed by atoms with Crippen molar-refractivity contribution >= 4 is 12.9 Å². The highest BCUT2D eigenvalue weighted by Gasteiger charge is 2.26. The highest BCUT2D eigenvalue weighted by atomic mass is 31.2. The summed E-state index contributed by atoms with van der Waals surface area (Å²) < 4.78 is 23.2. The van der Waals surface area contributed by atoms with Crippen molar-refractivity contribution in [2.24, 2.45) is 0 Å². The van der Waals surface area contributed by atoms with Crippen molar-refractivity contribution < 1.29 is 13.6 Å². The van der Waals surface area contributed by atoms with Gasteiger partial charge >= 0.3 is 7.60 Å². The van der Waals surface area contributed by atoms with E-state index < -0.39 is 7.60 Å². The SMILES string of the molecule is CCOP(=O)(OCC)c1ccc(C(C)CC)cc1. The van der Waals surface area contributed by atoms with Gasteiger partial charge in [-0.05, 0) is 43.9 Å². The van der Waals surface area contributed by atoms with E-state index in [1.165, 1.54) is 5.56 Å². The van der Waals surface area contributed by atoms with Gasteiger partial charge in [-0.25, -0.2) is 0 Å². The van der Waals surface area contributed by atoms with Crippen molar-refractivity contribution in [1.29, 1.82) is 0 Å². The van der Waals surface area contributed by atoms with Crippen molar-refractivity contribution in [1.82, 2.24) is 0 Å². The molecule has 1 atom stereocenters. The normalized spacial score (nSPS) is 13.6. The van der Waals surface area contributed by atoms with Crippen LogP contribution >= 0.6 is 7.60 Å². The third-order valence-corrected chi connectivity index (χ3v) is 5.12. The summed E-state index contributed by atoms with van der Waals surface area (Å²) in [6.07, 6.45) is 1.09. The van der Waals surface area contributed by atoms with Gasteiger partial charge in [-0.15, -0.1) is 0 Å². The van der Waals surface area contributed by atoms with Crippen LogP contribution in [-0.4, -0.2) is 13.2 Å². The topological polar surface area (TPSA) is 35.5 Å². The van der Waals surface area contributed by atoms with Crippen LogP contribution in [0.5, 0.6) is 0 Å². The molecule has 0 saturated carbocycles. The fourth-order valence-electron chi connectivity index (χ4n) is 1.75. The number of hydrogen-bond donors (Lipinski definition) is 0. The van der Waals surface area contributed by atoms with Gasteiger partial charge in [0.2, 0.25) is 0 Å². The van der Waals surface area contributed by atoms with Gasteiger partial charge < -0.3 is 9.05 Å². The first-order valence-electron chi connectivity index (χ1n) is 6.57. The molecule has 0 heterocycles. The molecule has 102 valence electrons. The van der Waals surface area contributed by atoms with Crippen LogP contribution in [0.25, 0.3) is 0 Å². The van der Waals surface area contributed by atoms with E-state index in [2.05, 4.69) is 13.8 Å². The van der Waals surface area contributed by atoms with E-state index in [1.807, 2.05) is 38.1 Å². The van der Waals surface area contributed by atoms with Gasteiger partial charge in [0, 0.05) is 0 Å². The van der Waals surface area contributed by atoms with Gasteiger partial charge in [0.15, 0.2) is 0 Å². The Balaban J connectivity index is 2.97. The first-order chi connectivity index (χ1) is 8.57. The monoisotopic (exact) mass is 270 g/mol. The Labute approximate surface area is 110 Å². The molecule has 3 nitrogen and oxygen atoms in total. The van der Waals surface area contributed by atoms with Crippen molar-refractivity contribution in [3.63, 3.8) is 0 Å². The molecular weight excluding hydrogens is 247 g/mol. The second kappa shape index (κ2) is 7.08. The molecule has 0 amide bonds. The largest absolute Gasteiger partial charge is 0.361 e. The van der Waals surface area contributed by atoms with Crippen molar-refractivity contribution in [2.75, 3.05) is 13.2 Å². The van der Waals surface area contributed by atoms with E-state index in [-0.39, 0.29) is 0 Å². The number of hydrogen-bond acceptors (Lipinski definition) is 3.